The van der Waals surface area contributed by atoms with Gasteiger partial charge in [-0.15, -0.1) is 23.1 Å². The molecule has 1 aromatic heterocycles. The van der Waals surface area contributed by atoms with Crippen molar-refractivity contribution in [2.45, 2.75) is 36.9 Å². The molecular weight excluding hydrogens is 1030 g/mol. The molecular formula is C59H52N6O11S2. The van der Waals surface area contributed by atoms with Crippen molar-refractivity contribution in [3.63, 3.8) is 0 Å². The number of amides is 3. The van der Waals surface area contributed by atoms with Crippen LogP contribution in [0.3, 0.4) is 0 Å². The minimum absolute atomic E-state index is 0.0301. The van der Waals surface area contributed by atoms with Crippen molar-refractivity contribution >= 4 is 75.4 Å². The third-order valence-corrected chi connectivity index (χ3v) is 15.0. The lowest BCUT2D eigenvalue weighted by Crippen LogP contribution is -2.74. The molecule has 2 saturated heterocycles. The summed E-state index contributed by atoms with van der Waals surface area (Å²) in [7, 11) is 1.32. The zero-order chi connectivity index (χ0) is 54.7. The lowest BCUT2D eigenvalue weighted by molar-refractivity contribution is -0.162. The molecule has 0 bridgehead atoms. The highest BCUT2D eigenvalue weighted by atomic mass is 32.2. The Kier molecular flexibility index (Phi) is 16.7. The Hall–Kier alpha value is -9.07. The normalized spacial score (nSPS) is 17.0. The number of aromatic nitrogens is 1. The Morgan fingerprint density at radius 3 is 1.87 bits per heavy atom. The predicted octanol–water partition coefficient (Wildman–Crippen LogP) is 9.27. The Morgan fingerprint density at radius 1 is 0.769 bits per heavy atom. The lowest BCUT2D eigenvalue weighted by Gasteiger charge is -2.53. The molecule has 9 rings (SSSR count). The fourth-order valence-electron chi connectivity index (χ4n) is 9.19. The van der Waals surface area contributed by atoms with Crippen LogP contribution in [0.5, 0.6) is 11.5 Å². The van der Waals surface area contributed by atoms with Gasteiger partial charge in [0.1, 0.15) is 41.8 Å². The average Bonchev–Trinajstić information content (AvgIpc) is 4.08. The first-order valence-corrected chi connectivity index (χ1v) is 26.5. The zero-order valence-electron chi connectivity index (χ0n) is 42.4. The summed E-state index contributed by atoms with van der Waals surface area (Å²) < 4.78 is 22.1. The number of hydrogen-bond donors (Lipinski definition) is 3. The molecule has 0 spiro atoms. The summed E-state index contributed by atoms with van der Waals surface area (Å²) in [6.07, 6.45) is 1.36. The fraction of sp³-hybridized carbons (Fsp3) is 0.186. The van der Waals surface area contributed by atoms with Gasteiger partial charge in [-0.25, -0.2) is 9.78 Å². The van der Waals surface area contributed by atoms with Crippen molar-refractivity contribution in [3.05, 3.63) is 221 Å². The molecule has 0 radical (unpaired) electrons. The largest absolute Gasteiger partial charge is 0.452 e. The molecule has 2 aliphatic rings. The highest BCUT2D eigenvalue weighted by molar-refractivity contribution is 8.00. The van der Waals surface area contributed by atoms with E-state index in [1.807, 2.05) is 152 Å². The van der Waals surface area contributed by atoms with Gasteiger partial charge in [-0.1, -0.05) is 163 Å². The van der Waals surface area contributed by atoms with Crippen LogP contribution >= 0.6 is 23.1 Å². The number of ether oxygens (including phenoxy) is 4. The maximum absolute atomic E-state index is 14.8. The standard InChI is InChI=1S/C59H52N6O11S2/c1-38(66)74-47-31-30-45(34-48(47)75-39(2)67)60-57(71)73-33-19-32-58(55(70)76-51(40-20-9-4-10-21-40)41-22-11-5-12-23-41)36-65-53(69)50(54(65)78-37-58)62-52(68)49(64-72-3)46-35-77-56(61-46)63-59(42-24-13-6-14-25-42,43-26-15-7-16-27-43)44-28-17-8-18-29-44/h4-32,34-35,50-51,54H,33,36-37H2,1-3H3,(H,60,71)(H,61,63)(H,62,68)/t50?,54-,58?/m1/s1. The van der Waals surface area contributed by atoms with Crippen molar-refractivity contribution in [2.75, 3.05) is 36.6 Å². The number of rotatable bonds is 19. The van der Waals surface area contributed by atoms with Crippen LogP contribution in [0.15, 0.2) is 193 Å². The number of oxime groups is 1. The summed E-state index contributed by atoms with van der Waals surface area (Å²) in [6, 6.07) is 51.6. The van der Waals surface area contributed by atoms with Gasteiger partial charge in [0.2, 0.25) is 5.91 Å². The molecule has 396 valence electrons. The number of carbonyl (C=O) groups excluding carboxylic acids is 6. The number of esters is 3. The number of hydrogen-bond acceptors (Lipinski definition) is 16. The molecule has 7 aromatic rings. The predicted molar refractivity (Wildman–Crippen MR) is 295 cm³/mol. The van der Waals surface area contributed by atoms with E-state index in [2.05, 4.69) is 21.1 Å². The van der Waals surface area contributed by atoms with Crippen molar-refractivity contribution in [2.24, 2.45) is 10.6 Å². The SMILES string of the molecule is CON=C(C(=O)NC1C(=O)N2CC(C=CCOC(=O)Nc3ccc(OC(C)=O)c(OC(C)=O)c3)(C(=O)OC(c3ccccc3)c3ccccc3)CS[C@H]12)c1csc(NC(c2ccccc2)(c2ccccc2)c2ccccc2)n1. The second-order valence-electron chi connectivity index (χ2n) is 18.0. The van der Waals surface area contributed by atoms with Crippen LogP contribution in [-0.2, 0) is 43.8 Å². The number of thioether (sulfide) groups is 1. The van der Waals surface area contributed by atoms with E-state index < -0.39 is 64.3 Å². The molecule has 3 N–H and O–H groups in total. The quantitative estimate of drug-likeness (QED) is 0.0131. The van der Waals surface area contributed by atoms with Crippen LogP contribution in [0.4, 0.5) is 15.6 Å². The topological polar surface area (TPSA) is 213 Å². The summed E-state index contributed by atoms with van der Waals surface area (Å²) in [6.45, 7) is 1.92. The first kappa shape index (κ1) is 53.7. The fourth-order valence-corrected chi connectivity index (χ4v) is 11.5. The van der Waals surface area contributed by atoms with Crippen molar-refractivity contribution in [1.82, 2.24) is 15.2 Å². The van der Waals surface area contributed by atoms with Gasteiger partial charge in [0.15, 0.2) is 28.4 Å². The summed E-state index contributed by atoms with van der Waals surface area (Å²) >= 11 is 2.56. The van der Waals surface area contributed by atoms with Gasteiger partial charge in [-0.3, -0.25) is 29.3 Å². The maximum atomic E-state index is 14.8. The van der Waals surface area contributed by atoms with Gasteiger partial charge in [0.25, 0.3) is 5.91 Å². The minimum Gasteiger partial charge on any atom is -0.452 e. The number of fused-ring (bicyclic) bond motifs is 1. The zero-order valence-corrected chi connectivity index (χ0v) is 44.0. The molecule has 19 heteroatoms. The number of anilines is 2. The summed E-state index contributed by atoms with van der Waals surface area (Å²) in [5.41, 5.74) is 2.17. The number of β-lactam (4-membered cyclic amide) rings is 1. The van der Waals surface area contributed by atoms with E-state index in [0.29, 0.717) is 5.13 Å². The van der Waals surface area contributed by atoms with Crippen molar-refractivity contribution < 1.29 is 52.6 Å². The van der Waals surface area contributed by atoms with Crippen LogP contribution in [0, 0.1) is 5.41 Å². The lowest BCUT2D eigenvalue weighted by atomic mass is 9.77. The molecule has 6 aromatic carbocycles. The number of thiazole rings is 1. The Balaban J connectivity index is 0.926. The molecule has 2 fully saturated rings. The Morgan fingerprint density at radius 2 is 1.32 bits per heavy atom. The van der Waals surface area contributed by atoms with Crippen LogP contribution in [0.2, 0.25) is 0 Å². The first-order chi connectivity index (χ1) is 37.9. The number of nitrogens with one attached hydrogen (secondary N) is 3. The van der Waals surface area contributed by atoms with Gasteiger partial charge in [0, 0.05) is 43.3 Å². The smallest absolute Gasteiger partial charge is 0.411 e. The Labute approximate surface area is 457 Å². The third kappa shape index (κ3) is 12.0. The van der Waals surface area contributed by atoms with Crippen molar-refractivity contribution in [1.29, 1.82) is 0 Å². The van der Waals surface area contributed by atoms with E-state index in [4.69, 9.17) is 28.8 Å². The molecule has 2 unspecified atom stereocenters. The second kappa shape index (κ2) is 24.3. The second-order valence-corrected chi connectivity index (χ2v) is 20.0. The average molecular weight is 1090 g/mol. The van der Waals surface area contributed by atoms with E-state index in [9.17, 15) is 28.8 Å². The van der Waals surface area contributed by atoms with Gasteiger partial charge < -0.3 is 39.3 Å². The van der Waals surface area contributed by atoms with Gasteiger partial charge in [-0.2, -0.15) is 0 Å². The van der Waals surface area contributed by atoms with E-state index >= 15 is 0 Å². The van der Waals surface area contributed by atoms with Crippen LogP contribution < -0.4 is 25.4 Å². The maximum Gasteiger partial charge on any atom is 0.411 e. The van der Waals surface area contributed by atoms with Crippen LogP contribution in [0.25, 0.3) is 0 Å². The highest BCUT2D eigenvalue weighted by Crippen LogP contribution is 2.45. The van der Waals surface area contributed by atoms with Crippen LogP contribution in [0.1, 0.15) is 53.5 Å². The number of benzene rings is 6. The molecule has 2 aliphatic heterocycles. The van der Waals surface area contributed by atoms with E-state index in [0.717, 1.165) is 27.8 Å². The van der Waals surface area contributed by atoms with E-state index in [-0.39, 0.29) is 47.5 Å². The van der Waals surface area contributed by atoms with Gasteiger partial charge >= 0.3 is 24.0 Å². The minimum atomic E-state index is -1.46. The van der Waals surface area contributed by atoms with E-state index in [1.165, 1.54) is 73.2 Å². The van der Waals surface area contributed by atoms with Gasteiger partial charge in [-0.05, 0) is 46.0 Å². The van der Waals surface area contributed by atoms with E-state index in [1.54, 1.807) is 11.5 Å². The third-order valence-electron chi connectivity index (χ3n) is 12.7. The first-order valence-electron chi connectivity index (χ1n) is 24.6. The number of nitrogens with zero attached hydrogens (tertiary/aromatic N) is 3. The number of carbonyl (C=O) groups is 6. The van der Waals surface area contributed by atoms with Crippen molar-refractivity contribution in [3.8, 4) is 11.5 Å². The Bertz CT molecular complexity index is 3210. The highest BCUT2D eigenvalue weighted by Gasteiger charge is 2.57. The molecule has 3 atom stereocenters. The van der Waals surface area contributed by atoms with Crippen LogP contribution in [-0.4, -0.2) is 88.8 Å². The molecule has 17 nitrogen and oxygen atoms in total. The van der Waals surface area contributed by atoms with Gasteiger partial charge in [0.05, 0.1) is 0 Å². The summed E-state index contributed by atoms with van der Waals surface area (Å²) in [4.78, 5) is 91.3. The molecule has 78 heavy (non-hydrogen) atoms. The molecule has 0 saturated carbocycles. The summed E-state index contributed by atoms with van der Waals surface area (Å²) in [5, 5.41) is 14.8. The monoisotopic (exact) mass is 1080 g/mol. The molecule has 3 amide bonds. The molecule has 3 heterocycles. The molecule has 0 aliphatic carbocycles. The summed E-state index contributed by atoms with van der Waals surface area (Å²) in [5.74, 6) is -3.14.